The fraction of sp³-hybridized carbons (Fsp3) is 0.667. The van der Waals surface area contributed by atoms with Crippen molar-refractivity contribution in [2.24, 2.45) is 0 Å². The number of nitrogens with zero attached hydrogens (tertiary/aromatic N) is 3. The lowest BCUT2D eigenvalue weighted by Crippen LogP contribution is -2.31. The summed E-state index contributed by atoms with van der Waals surface area (Å²) < 4.78 is 1.93. The van der Waals surface area contributed by atoms with E-state index in [0.29, 0.717) is 5.28 Å². The molecule has 1 aliphatic rings. The molecule has 0 saturated carbocycles. The minimum atomic E-state index is 0.267. The fourth-order valence-corrected chi connectivity index (χ4v) is 1.52. The molecule has 0 aromatic carbocycles. The molecule has 1 atom stereocenters. The van der Waals surface area contributed by atoms with Crippen molar-refractivity contribution in [3.63, 3.8) is 0 Å². The molecule has 0 amide bonds. The summed E-state index contributed by atoms with van der Waals surface area (Å²) in [5, 5.41) is 11.5. The van der Waals surface area contributed by atoms with Crippen LogP contribution < -0.4 is 5.32 Å². The second kappa shape index (κ2) is 2.46. The molecule has 1 unspecified atom stereocenters. The van der Waals surface area contributed by atoms with Gasteiger partial charge in [0.2, 0.25) is 5.28 Å². The van der Waals surface area contributed by atoms with Crippen LogP contribution in [0, 0.1) is 0 Å². The first-order valence-corrected chi connectivity index (χ1v) is 3.99. The molecule has 5 heteroatoms. The molecular formula is C6H9ClN4. The summed E-state index contributed by atoms with van der Waals surface area (Å²) in [5.41, 5.74) is 0. The zero-order chi connectivity index (χ0) is 7.84. The standard InChI is InChI=1S/C6H9ClN4/c1-4-5-9-10-6(7)11(5)3-2-8-4/h4,8H,2-3H2,1H3. The van der Waals surface area contributed by atoms with E-state index < -0.39 is 0 Å². The molecule has 11 heavy (non-hydrogen) atoms. The van der Waals surface area contributed by atoms with Crippen molar-refractivity contribution >= 4 is 11.6 Å². The smallest absolute Gasteiger partial charge is 0.225 e. The summed E-state index contributed by atoms with van der Waals surface area (Å²) in [7, 11) is 0. The van der Waals surface area contributed by atoms with Crippen LogP contribution in [0.1, 0.15) is 18.8 Å². The van der Waals surface area contributed by atoms with Crippen LogP contribution in [0.2, 0.25) is 5.28 Å². The Morgan fingerprint density at radius 3 is 3.18 bits per heavy atom. The van der Waals surface area contributed by atoms with E-state index in [4.69, 9.17) is 11.6 Å². The van der Waals surface area contributed by atoms with Crippen molar-refractivity contribution in [2.75, 3.05) is 6.54 Å². The summed E-state index contributed by atoms with van der Waals surface area (Å²) in [5.74, 6) is 0.932. The molecular weight excluding hydrogens is 164 g/mol. The molecule has 0 aliphatic carbocycles. The summed E-state index contributed by atoms with van der Waals surface area (Å²) in [6, 6.07) is 0.267. The molecule has 2 heterocycles. The molecule has 0 spiro atoms. The number of hydrogen-bond donors (Lipinski definition) is 1. The van der Waals surface area contributed by atoms with Gasteiger partial charge in [-0.25, -0.2) is 0 Å². The van der Waals surface area contributed by atoms with Gasteiger partial charge in [0.1, 0.15) is 0 Å². The molecule has 4 nitrogen and oxygen atoms in total. The van der Waals surface area contributed by atoms with E-state index in [0.717, 1.165) is 18.9 Å². The second-order valence-electron chi connectivity index (χ2n) is 2.65. The van der Waals surface area contributed by atoms with Crippen molar-refractivity contribution in [3.05, 3.63) is 11.1 Å². The average molecular weight is 173 g/mol. The summed E-state index contributed by atoms with van der Waals surface area (Å²) in [4.78, 5) is 0. The maximum absolute atomic E-state index is 5.78. The topological polar surface area (TPSA) is 42.7 Å². The van der Waals surface area contributed by atoms with Crippen LogP contribution in [0.3, 0.4) is 0 Å². The van der Waals surface area contributed by atoms with Gasteiger partial charge in [-0.1, -0.05) is 0 Å². The minimum Gasteiger partial charge on any atom is -0.306 e. The van der Waals surface area contributed by atoms with Crippen LogP contribution in [0.5, 0.6) is 0 Å². The van der Waals surface area contributed by atoms with Crippen molar-refractivity contribution in [1.82, 2.24) is 20.1 Å². The third-order valence-electron chi connectivity index (χ3n) is 1.91. The number of halogens is 1. The highest BCUT2D eigenvalue weighted by molar-refractivity contribution is 6.28. The van der Waals surface area contributed by atoms with E-state index >= 15 is 0 Å². The van der Waals surface area contributed by atoms with Crippen LogP contribution in [0.4, 0.5) is 0 Å². The quantitative estimate of drug-likeness (QED) is 0.623. The summed E-state index contributed by atoms with van der Waals surface area (Å²) >= 11 is 5.78. The van der Waals surface area contributed by atoms with Gasteiger partial charge in [0, 0.05) is 13.1 Å². The molecule has 0 saturated heterocycles. The van der Waals surface area contributed by atoms with Crippen LogP contribution >= 0.6 is 11.6 Å². The zero-order valence-corrected chi connectivity index (χ0v) is 6.97. The fourth-order valence-electron chi connectivity index (χ4n) is 1.31. The molecule has 1 aromatic rings. The molecule has 1 aliphatic heterocycles. The number of fused-ring (bicyclic) bond motifs is 1. The molecule has 0 fully saturated rings. The molecule has 60 valence electrons. The highest BCUT2D eigenvalue weighted by Gasteiger charge is 2.19. The van der Waals surface area contributed by atoms with Gasteiger partial charge < -0.3 is 5.32 Å². The monoisotopic (exact) mass is 172 g/mol. The predicted octanol–water partition coefficient (Wildman–Crippen LogP) is 0.596. The Kier molecular flexibility index (Phi) is 1.58. The summed E-state index contributed by atoms with van der Waals surface area (Å²) in [6.45, 7) is 3.85. The van der Waals surface area contributed by atoms with Crippen molar-refractivity contribution in [3.8, 4) is 0 Å². The minimum absolute atomic E-state index is 0.267. The van der Waals surface area contributed by atoms with Crippen molar-refractivity contribution in [1.29, 1.82) is 0 Å². The average Bonchev–Trinajstić information content (AvgIpc) is 2.35. The second-order valence-corrected chi connectivity index (χ2v) is 2.99. The maximum Gasteiger partial charge on any atom is 0.225 e. The number of nitrogens with one attached hydrogen (secondary N) is 1. The van der Waals surface area contributed by atoms with Crippen LogP contribution in [-0.4, -0.2) is 21.3 Å². The normalized spacial score (nSPS) is 23.3. The maximum atomic E-state index is 5.78. The van der Waals surface area contributed by atoms with E-state index in [1.807, 2.05) is 4.57 Å². The molecule has 2 rings (SSSR count). The third-order valence-corrected chi connectivity index (χ3v) is 2.19. The molecule has 0 radical (unpaired) electrons. The Bertz CT molecular complexity index is 270. The Morgan fingerprint density at radius 1 is 1.64 bits per heavy atom. The number of hydrogen-bond acceptors (Lipinski definition) is 3. The first-order valence-electron chi connectivity index (χ1n) is 3.61. The molecule has 1 aromatic heterocycles. The highest BCUT2D eigenvalue weighted by Crippen LogP contribution is 2.17. The van der Waals surface area contributed by atoms with Crippen LogP contribution in [0.25, 0.3) is 0 Å². The van der Waals surface area contributed by atoms with Gasteiger partial charge in [-0.05, 0) is 18.5 Å². The Labute approximate surface area is 69.6 Å². The van der Waals surface area contributed by atoms with E-state index in [1.54, 1.807) is 0 Å². The zero-order valence-electron chi connectivity index (χ0n) is 6.21. The van der Waals surface area contributed by atoms with E-state index in [9.17, 15) is 0 Å². The van der Waals surface area contributed by atoms with E-state index in [1.165, 1.54) is 0 Å². The molecule has 1 N–H and O–H groups in total. The van der Waals surface area contributed by atoms with E-state index in [-0.39, 0.29) is 6.04 Å². The largest absolute Gasteiger partial charge is 0.306 e. The lowest BCUT2D eigenvalue weighted by Gasteiger charge is -2.20. The van der Waals surface area contributed by atoms with Gasteiger partial charge in [-0.3, -0.25) is 4.57 Å². The third kappa shape index (κ3) is 1.02. The Morgan fingerprint density at radius 2 is 2.45 bits per heavy atom. The van der Waals surface area contributed by atoms with Crippen LogP contribution in [-0.2, 0) is 6.54 Å². The first-order chi connectivity index (χ1) is 5.29. The van der Waals surface area contributed by atoms with Crippen molar-refractivity contribution < 1.29 is 0 Å². The van der Waals surface area contributed by atoms with Gasteiger partial charge >= 0.3 is 0 Å². The van der Waals surface area contributed by atoms with Crippen molar-refractivity contribution in [2.45, 2.75) is 19.5 Å². The van der Waals surface area contributed by atoms with Gasteiger partial charge in [0.25, 0.3) is 0 Å². The first kappa shape index (κ1) is 7.06. The number of aromatic nitrogens is 3. The van der Waals surface area contributed by atoms with Crippen LogP contribution in [0.15, 0.2) is 0 Å². The van der Waals surface area contributed by atoms with Gasteiger partial charge in [0.15, 0.2) is 5.82 Å². The highest BCUT2D eigenvalue weighted by atomic mass is 35.5. The lowest BCUT2D eigenvalue weighted by molar-refractivity contribution is 0.437. The number of rotatable bonds is 0. The van der Waals surface area contributed by atoms with Gasteiger partial charge in [-0.15, -0.1) is 10.2 Å². The van der Waals surface area contributed by atoms with Gasteiger partial charge in [-0.2, -0.15) is 0 Å². The Balaban J connectivity index is 2.46. The lowest BCUT2D eigenvalue weighted by atomic mass is 10.2. The van der Waals surface area contributed by atoms with Gasteiger partial charge in [0.05, 0.1) is 6.04 Å². The SMILES string of the molecule is CC1NCCn2c(Cl)nnc21. The molecule has 0 bridgehead atoms. The predicted molar refractivity (Wildman–Crippen MR) is 41.4 cm³/mol. The summed E-state index contributed by atoms with van der Waals surface area (Å²) in [6.07, 6.45) is 0. The Hall–Kier alpha value is -0.610. The van der Waals surface area contributed by atoms with E-state index in [2.05, 4.69) is 22.4 Å².